The van der Waals surface area contributed by atoms with Crippen molar-refractivity contribution in [3.63, 3.8) is 0 Å². The van der Waals surface area contributed by atoms with Crippen molar-refractivity contribution < 1.29 is 9.18 Å². The Labute approximate surface area is 149 Å². The van der Waals surface area contributed by atoms with Gasteiger partial charge in [0, 0.05) is 23.4 Å². The summed E-state index contributed by atoms with van der Waals surface area (Å²) in [6.45, 7) is 0.502. The number of carbonyl (C=O) groups excluding carboxylic acids is 1. The number of aromatic nitrogens is 1. The number of nitrogens with one attached hydrogen (secondary N) is 1. The molecule has 4 rings (SSSR count). The van der Waals surface area contributed by atoms with E-state index in [0.29, 0.717) is 23.6 Å². The van der Waals surface area contributed by atoms with E-state index in [9.17, 15) is 9.18 Å². The Morgan fingerprint density at radius 2 is 1.92 bits per heavy atom. The van der Waals surface area contributed by atoms with E-state index in [1.165, 1.54) is 12.1 Å². The van der Waals surface area contributed by atoms with E-state index in [1.807, 2.05) is 12.1 Å². The number of halogens is 2. The van der Waals surface area contributed by atoms with Gasteiger partial charge in [-0.3, -0.25) is 9.78 Å². The highest BCUT2D eigenvalue weighted by atomic mass is 35.5. The lowest BCUT2D eigenvalue weighted by Crippen LogP contribution is -2.16. The van der Waals surface area contributed by atoms with Crippen LogP contribution < -0.4 is 5.32 Å². The smallest absolute Gasteiger partial charge is 0.166 e. The number of aryl methyl sites for hydroxylation is 1. The van der Waals surface area contributed by atoms with Crippen LogP contribution >= 0.6 is 11.6 Å². The van der Waals surface area contributed by atoms with E-state index in [0.717, 1.165) is 40.7 Å². The quantitative estimate of drug-likeness (QED) is 0.706. The molecule has 1 aliphatic rings. The number of pyridine rings is 1. The Hall–Kier alpha value is -2.46. The van der Waals surface area contributed by atoms with Gasteiger partial charge in [-0.05, 0) is 48.7 Å². The monoisotopic (exact) mass is 354 g/mol. The summed E-state index contributed by atoms with van der Waals surface area (Å²) in [5, 5.41) is 4.87. The summed E-state index contributed by atoms with van der Waals surface area (Å²) < 4.78 is 13.1. The first-order valence-corrected chi connectivity index (χ1v) is 8.63. The van der Waals surface area contributed by atoms with Crippen LogP contribution in [0.5, 0.6) is 0 Å². The standard InChI is InChI=1S/C20H16ClFN2O/c21-13-6-9-15-17(10-13)24-16-2-1-3-18(25)19(16)20(15)23-11-12-4-7-14(22)8-5-12/h4-10H,1-3,11H2,(H,23,24). The third-order valence-electron chi connectivity index (χ3n) is 4.50. The number of carbonyl (C=O) groups is 1. The van der Waals surface area contributed by atoms with Gasteiger partial charge in [0.25, 0.3) is 0 Å². The lowest BCUT2D eigenvalue weighted by molar-refractivity contribution is 0.0972. The van der Waals surface area contributed by atoms with Gasteiger partial charge >= 0.3 is 0 Å². The lowest BCUT2D eigenvalue weighted by Gasteiger charge is -2.21. The molecule has 25 heavy (non-hydrogen) atoms. The molecule has 0 radical (unpaired) electrons. The molecule has 5 heteroatoms. The third kappa shape index (κ3) is 3.10. The number of nitrogens with zero attached hydrogens (tertiary/aromatic N) is 1. The Morgan fingerprint density at radius 3 is 2.72 bits per heavy atom. The molecular weight excluding hydrogens is 339 g/mol. The molecule has 0 fully saturated rings. The summed E-state index contributed by atoms with van der Waals surface area (Å²) in [7, 11) is 0. The molecule has 0 saturated heterocycles. The summed E-state index contributed by atoms with van der Waals surface area (Å²) in [5.41, 5.74) is 4.03. The van der Waals surface area contributed by atoms with Crippen LogP contribution in [0.3, 0.4) is 0 Å². The average Bonchev–Trinajstić information content (AvgIpc) is 2.60. The van der Waals surface area contributed by atoms with Crippen molar-refractivity contribution in [2.75, 3.05) is 5.32 Å². The first kappa shape index (κ1) is 16.0. The van der Waals surface area contributed by atoms with E-state index in [1.54, 1.807) is 18.2 Å². The highest BCUT2D eigenvalue weighted by molar-refractivity contribution is 6.31. The molecule has 0 amide bonds. The first-order chi connectivity index (χ1) is 12.1. The zero-order valence-corrected chi connectivity index (χ0v) is 14.2. The van der Waals surface area contributed by atoms with Crippen LogP contribution in [0.1, 0.15) is 34.5 Å². The predicted molar refractivity (Wildman–Crippen MR) is 97.7 cm³/mol. The fourth-order valence-electron chi connectivity index (χ4n) is 3.29. The number of fused-ring (bicyclic) bond motifs is 2. The summed E-state index contributed by atoms with van der Waals surface area (Å²) in [6, 6.07) is 11.8. The van der Waals surface area contributed by atoms with Gasteiger partial charge in [0.2, 0.25) is 0 Å². The van der Waals surface area contributed by atoms with Crippen molar-refractivity contribution in [2.24, 2.45) is 0 Å². The number of Topliss-reactive ketones (excluding diaryl/α,β-unsaturated/α-hetero) is 1. The van der Waals surface area contributed by atoms with Crippen LogP contribution in [-0.4, -0.2) is 10.8 Å². The highest BCUT2D eigenvalue weighted by Gasteiger charge is 2.24. The maximum atomic E-state index is 13.1. The summed E-state index contributed by atoms with van der Waals surface area (Å²) in [6.07, 6.45) is 2.15. The Balaban J connectivity index is 1.80. The van der Waals surface area contributed by atoms with Gasteiger partial charge in [-0.25, -0.2) is 4.39 Å². The molecule has 3 nitrogen and oxygen atoms in total. The van der Waals surface area contributed by atoms with E-state index < -0.39 is 0 Å². The molecular formula is C20H16ClFN2O. The van der Waals surface area contributed by atoms with E-state index in [-0.39, 0.29) is 11.6 Å². The molecule has 1 aromatic heterocycles. The maximum absolute atomic E-state index is 13.1. The summed E-state index contributed by atoms with van der Waals surface area (Å²) in [4.78, 5) is 17.2. The van der Waals surface area contributed by atoms with Crippen LogP contribution in [0.15, 0.2) is 42.5 Å². The fraction of sp³-hybridized carbons (Fsp3) is 0.200. The maximum Gasteiger partial charge on any atom is 0.166 e. The van der Waals surface area contributed by atoms with Crippen molar-refractivity contribution >= 4 is 34.0 Å². The number of ketones is 1. The van der Waals surface area contributed by atoms with Gasteiger partial charge in [-0.15, -0.1) is 0 Å². The molecule has 3 aromatic rings. The molecule has 0 unspecified atom stereocenters. The minimum atomic E-state index is -0.264. The van der Waals surface area contributed by atoms with Crippen molar-refractivity contribution in [3.8, 4) is 0 Å². The van der Waals surface area contributed by atoms with E-state index >= 15 is 0 Å². The topological polar surface area (TPSA) is 42.0 Å². The second-order valence-electron chi connectivity index (χ2n) is 6.23. The number of benzene rings is 2. The number of hydrogen-bond acceptors (Lipinski definition) is 3. The first-order valence-electron chi connectivity index (χ1n) is 8.25. The third-order valence-corrected chi connectivity index (χ3v) is 4.74. The summed E-state index contributed by atoms with van der Waals surface area (Å²) in [5.74, 6) is -0.146. The second kappa shape index (κ2) is 6.45. The number of hydrogen-bond donors (Lipinski definition) is 1. The van der Waals surface area contributed by atoms with Crippen molar-refractivity contribution in [2.45, 2.75) is 25.8 Å². The SMILES string of the molecule is O=C1CCCc2nc3cc(Cl)ccc3c(NCc3ccc(F)cc3)c21. The van der Waals surface area contributed by atoms with E-state index in [4.69, 9.17) is 11.6 Å². The minimum absolute atomic E-state index is 0.118. The van der Waals surface area contributed by atoms with Crippen LogP contribution in [0.4, 0.5) is 10.1 Å². The zero-order chi connectivity index (χ0) is 17.4. The van der Waals surface area contributed by atoms with E-state index in [2.05, 4.69) is 10.3 Å². The van der Waals surface area contributed by atoms with Crippen LogP contribution in [0, 0.1) is 5.82 Å². The van der Waals surface area contributed by atoms with Crippen molar-refractivity contribution in [1.82, 2.24) is 4.98 Å². The largest absolute Gasteiger partial charge is 0.380 e. The molecule has 1 N–H and O–H groups in total. The molecule has 0 spiro atoms. The molecule has 0 atom stereocenters. The Bertz CT molecular complexity index is 970. The van der Waals surface area contributed by atoms with Crippen LogP contribution in [0.25, 0.3) is 10.9 Å². The summed E-state index contributed by atoms with van der Waals surface area (Å²) >= 11 is 6.11. The number of anilines is 1. The average molecular weight is 355 g/mol. The molecule has 0 bridgehead atoms. The molecule has 0 aliphatic heterocycles. The van der Waals surface area contributed by atoms with Crippen molar-refractivity contribution in [3.05, 3.63) is 70.1 Å². The molecule has 126 valence electrons. The molecule has 2 aromatic carbocycles. The second-order valence-corrected chi connectivity index (χ2v) is 6.66. The van der Waals surface area contributed by atoms with Gasteiger partial charge in [0.1, 0.15) is 5.82 Å². The van der Waals surface area contributed by atoms with Crippen molar-refractivity contribution in [1.29, 1.82) is 0 Å². The lowest BCUT2D eigenvalue weighted by atomic mass is 9.91. The fourth-order valence-corrected chi connectivity index (χ4v) is 3.45. The molecule has 1 aliphatic carbocycles. The van der Waals surface area contributed by atoms with Crippen LogP contribution in [-0.2, 0) is 13.0 Å². The molecule has 0 saturated carbocycles. The predicted octanol–water partition coefficient (Wildman–Crippen LogP) is 5.16. The van der Waals surface area contributed by atoms with Gasteiger partial charge in [-0.2, -0.15) is 0 Å². The zero-order valence-electron chi connectivity index (χ0n) is 13.5. The van der Waals surface area contributed by atoms with Crippen LogP contribution in [0.2, 0.25) is 5.02 Å². The normalized spacial score (nSPS) is 13.8. The Kier molecular flexibility index (Phi) is 4.14. The van der Waals surface area contributed by atoms with Gasteiger partial charge in [0.05, 0.1) is 22.5 Å². The van der Waals surface area contributed by atoms with Gasteiger partial charge in [-0.1, -0.05) is 23.7 Å². The van der Waals surface area contributed by atoms with Gasteiger partial charge < -0.3 is 5.32 Å². The Morgan fingerprint density at radius 1 is 1.12 bits per heavy atom. The minimum Gasteiger partial charge on any atom is -0.380 e. The number of rotatable bonds is 3. The molecule has 1 heterocycles. The van der Waals surface area contributed by atoms with Gasteiger partial charge in [0.15, 0.2) is 5.78 Å². The highest BCUT2D eigenvalue weighted by Crippen LogP contribution is 2.34.